The molecular formula is C23H28N4O2. The Kier molecular flexibility index (Phi) is 5.88. The number of carbonyl (C=O) groups is 2. The molecule has 152 valence electrons. The van der Waals surface area contributed by atoms with E-state index in [0.717, 1.165) is 43.7 Å². The summed E-state index contributed by atoms with van der Waals surface area (Å²) in [6.45, 7) is 3.36. The highest BCUT2D eigenvalue weighted by molar-refractivity contribution is 6.04. The number of rotatable bonds is 4. The maximum atomic E-state index is 12.8. The van der Waals surface area contributed by atoms with Crippen LogP contribution in [0.15, 0.2) is 36.5 Å². The van der Waals surface area contributed by atoms with Gasteiger partial charge in [-0.3, -0.25) is 9.59 Å². The molecule has 0 spiro atoms. The minimum Gasteiger partial charge on any atom is -0.342 e. The standard InChI is InChI=1S/C23H28N4O2/c1-16-20(22(28)26-19-11-3-2-4-12-19)14-24-21(25-16)18-10-7-13-27(15-18)23(29)17-8-5-6-9-17/h2-4,11-12,14,17-18H,5-10,13,15H2,1H3,(H,26,28)/t18-/m0/s1. The first-order chi connectivity index (χ1) is 14.1. The van der Waals surface area contributed by atoms with Gasteiger partial charge in [-0.1, -0.05) is 31.0 Å². The summed E-state index contributed by atoms with van der Waals surface area (Å²) in [5.41, 5.74) is 1.89. The average Bonchev–Trinajstić information content (AvgIpc) is 3.29. The van der Waals surface area contributed by atoms with E-state index in [0.29, 0.717) is 23.7 Å². The molecule has 1 aliphatic heterocycles. The quantitative estimate of drug-likeness (QED) is 0.855. The molecule has 1 aromatic heterocycles. The molecule has 0 radical (unpaired) electrons. The van der Waals surface area contributed by atoms with Gasteiger partial charge in [0.2, 0.25) is 5.91 Å². The molecule has 1 aliphatic carbocycles. The number of benzene rings is 1. The second-order valence-corrected chi connectivity index (χ2v) is 8.15. The Balaban J connectivity index is 1.44. The van der Waals surface area contributed by atoms with Crippen LogP contribution in [-0.4, -0.2) is 39.8 Å². The molecule has 2 amide bonds. The molecule has 2 aliphatic rings. The molecule has 2 aromatic rings. The van der Waals surface area contributed by atoms with Crippen LogP contribution in [0, 0.1) is 12.8 Å². The Labute approximate surface area is 171 Å². The minimum atomic E-state index is -0.207. The number of nitrogens with one attached hydrogen (secondary N) is 1. The summed E-state index contributed by atoms with van der Waals surface area (Å²) in [5, 5.41) is 2.88. The van der Waals surface area contributed by atoms with Crippen molar-refractivity contribution in [3.63, 3.8) is 0 Å². The molecule has 1 atom stereocenters. The van der Waals surface area contributed by atoms with Crippen molar-refractivity contribution in [1.29, 1.82) is 0 Å². The topological polar surface area (TPSA) is 75.2 Å². The summed E-state index contributed by atoms with van der Waals surface area (Å²) in [4.78, 5) is 36.5. The van der Waals surface area contributed by atoms with Crippen LogP contribution in [0.25, 0.3) is 0 Å². The number of aromatic nitrogens is 2. The largest absolute Gasteiger partial charge is 0.342 e. The fourth-order valence-electron chi connectivity index (χ4n) is 4.44. The SMILES string of the molecule is Cc1nc([C@H]2CCCN(C(=O)C3CCCC3)C2)ncc1C(=O)Nc1ccccc1. The fraction of sp³-hybridized carbons (Fsp3) is 0.478. The zero-order valence-electron chi connectivity index (χ0n) is 16.9. The second kappa shape index (κ2) is 8.72. The van der Waals surface area contributed by atoms with Gasteiger partial charge in [-0.25, -0.2) is 9.97 Å². The number of hydrogen-bond donors (Lipinski definition) is 1. The molecule has 2 heterocycles. The fourth-order valence-corrected chi connectivity index (χ4v) is 4.44. The van der Waals surface area contributed by atoms with E-state index in [2.05, 4.69) is 15.3 Å². The van der Waals surface area contributed by atoms with E-state index in [1.807, 2.05) is 42.2 Å². The molecule has 6 heteroatoms. The van der Waals surface area contributed by atoms with Gasteiger partial charge in [0.1, 0.15) is 5.82 Å². The first-order valence-electron chi connectivity index (χ1n) is 10.6. The summed E-state index contributed by atoms with van der Waals surface area (Å²) in [5.74, 6) is 1.19. The Bertz CT molecular complexity index is 878. The number of anilines is 1. The van der Waals surface area contributed by atoms with E-state index in [1.54, 1.807) is 6.20 Å². The maximum absolute atomic E-state index is 12.8. The number of likely N-dealkylation sites (tertiary alicyclic amines) is 1. The number of carbonyl (C=O) groups excluding carboxylic acids is 2. The third-order valence-electron chi connectivity index (χ3n) is 6.08. The average molecular weight is 393 g/mol. The number of amides is 2. The van der Waals surface area contributed by atoms with E-state index in [9.17, 15) is 9.59 Å². The highest BCUT2D eigenvalue weighted by atomic mass is 16.2. The monoisotopic (exact) mass is 392 g/mol. The molecular weight excluding hydrogens is 364 g/mol. The van der Waals surface area contributed by atoms with Crippen LogP contribution in [0.5, 0.6) is 0 Å². The van der Waals surface area contributed by atoms with Crippen LogP contribution in [0.2, 0.25) is 0 Å². The molecule has 1 saturated heterocycles. The van der Waals surface area contributed by atoms with E-state index >= 15 is 0 Å². The summed E-state index contributed by atoms with van der Waals surface area (Å²) in [6.07, 6.45) is 7.96. The Morgan fingerprint density at radius 1 is 1.07 bits per heavy atom. The normalized spacial score (nSPS) is 19.9. The molecule has 2 fully saturated rings. The highest BCUT2D eigenvalue weighted by Gasteiger charge is 2.32. The van der Waals surface area contributed by atoms with Gasteiger partial charge in [-0.15, -0.1) is 0 Å². The molecule has 4 rings (SSSR count). The molecule has 0 bridgehead atoms. The van der Waals surface area contributed by atoms with Crippen molar-refractivity contribution in [2.45, 2.75) is 51.4 Å². The maximum Gasteiger partial charge on any atom is 0.259 e. The highest BCUT2D eigenvalue weighted by Crippen LogP contribution is 2.30. The molecule has 1 N–H and O–H groups in total. The van der Waals surface area contributed by atoms with Gasteiger partial charge in [0.15, 0.2) is 0 Å². The zero-order valence-corrected chi connectivity index (χ0v) is 16.9. The second-order valence-electron chi connectivity index (χ2n) is 8.15. The third-order valence-corrected chi connectivity index (χ3v) is 6.08. The Morgan fingerprint density at radius 2 is 1.83 bits per heavy atom. The lowest BCUT2D eigenvalue weighted by atomic mass is 9.95. The number of para-hydroxylation sites is 1. The van der Waals surface area contributed by atoms with Gasteiger partial charge < -0.3 is 10.2 Å². The van der Waals surface area contributed by atoms with Gasteiger partial charge in [-0.2, -0.15) is 0 Å². The van der Waals surface area contributed by atoms with Crippen molar-refractivity contribution in [2.75, 3.05) is 18.4 Å². The van der Waals surface area contributed by atoms with Crippen LogP contribution in [0.1, 0.15) is 66.3 Å². The molecule has 0 unspecified atom stereocenters. The lowest BCUT2D eigenvalue weighted by Gasteiger charge is -2.33. The summed E-state index contributed by atoms with van der Waals surface area (Å²) < 4.78 is 0. The predicted octanol–water partition coefficient (Wildman–Crippen LogP) is 3.93. The van der Waals surface area contributed by atoms with Crippen molar-refractivity contribution in [1.82, 2.24) is 14.9 Å². The van der Waals surface area contributed by atoms with Crippen LogP contribution in [0.4, 0.5) is 5.69 Å². The number of nitrogens with zero attached hydrogens (tertiary/aromatic N) is 3. The van der Waals surface area contributed by atoms with Gasteiger partial charge in [0.05, 0.1) is 11.3 Å². The van der Waals surface area contributed by atoms with Crippen molar-refractivity contribution in [2.24, 2.45) is 5.92 Å². The van der Waals surface area contributed by atoms with Crippen LogP contribution < -0.4 is 5.32 Å². The molecule has 6 nitrogen and oxygen atoms in total. The first-order valence-corrected chi connectivity index (χ1v) is 10.6. The molecule has 1 saturated carbocycles. The number of piperidine rings is 1. The lowest BCUT2D eigenvalue weighted by molar-refractivity contribution is -0.136. The van der Waals surface area contributed by atoms with E-state index in [-0.39, 0.29) is 17.7 Å². The van der Waals surface area contributed by atoms with Crippen LogP contribution >= 0.6 is 0 Å². The third kappa shape index (κ3) is 4.47. The predicted molar refractivity (Wildman–Crippen MR) is 112 cm³/mol. The smallest absolute Gasteiger partial charge is 0.259 e. The lowest BCUT2D eigenvalue weighted by Crippen LogP contribution is -2.42. The first kappa shape index (κ1) is 19.6. The zero-order chi connectivity index (χ0) is 20.2. The van der Waals surface area contributed by atoms with Gasteiger partial charge in [0.25, 0.3) is 5.91 Å². The Hall–Kier alpha value is -2.76. The number of aryl methyl sites for hydroxylation is 1. The summed E-state index contributed by atoms with van der Waals surface area (Å²) >= 11 is 0. The van der Waals surface area contributed by atoms with Crippen molar-refractivity contribution in [3.05, 3.63) is 53.6 Å². The molecule has 1 aromatic carbocycles. The van der Waals surface area contributed by atoms with Crippen molar-refractivity contribution >= 4 is 17.5 Å². The van der Waals surface area contributed by atoms with Crippen molar-refractivity contribution in [3.8, 4) is 0 Å². The minimum absolute atomic E-state index is 0.138. The van der Waals surface area contributed by atoms with Gasteiger partial charge in [-0.05, 0) is 44.7 Å². The molecule has 29 heavy (non-hydrogen) atoms. The Morgan fingerprint density at radius 3 is 2.55 bits per heavy atom. The summed E-state index contributed by atoms with van der Waals surface area (Å²) in [6, 6.07) is 9.36. The van der Waals surface area contributed by atoms with E-state index in [1.165, 1.54) is 12.8 Å². The van der Waals surface area contributed by atoms with Crippen LogP contribution in [-0.2, 0) is 4.79 Å². The van der Waals surface area contributed by atoms with Crippen molar-refractivity contribution < 1.29 is 9.59 Å². The van der Waals surface area contributed by atoms with Crippen LogP contribution in [0.3, 0.4) is 0 Å². The van der Waals surface area contributed by atoms with E-state index < -0.39 is 0 Å². The number of hydrogen-bond acceptors (Lipinski definition) is 4. The summed E-state index contributed by atoms with van der Waals surface area (Å²) in [7, 11) is 0. The van der Waals surface area contributed by atoms with Gasteiger partial charge in [0, 0.05) is 36.8 Å². The van der Waals surface area contributed by atoms with E-state index in [4.69, 9.17) is 0 Å². The van der Waals surface area contributed by atoms with Gasteiger partial charge >= 0.3 is 0 Å².